The summed E-state index contributed by atoms with van der Waals surface area (Å²) < 4.78 is 55.0. The molecule has 0 amide bonds. The first kappa shape index (κ1) is 25.6. The number of carbonyl (C=O) groups is 1. The third kappa shape index (κ3) is 6.12. The van der Waals surface area contributed by atoms with Crippen LogP contribution in [0.3, 0.4) is 0 Å². The highest BCUT2D eigenvalue weighted by Gasteiger charge is 2.32. The van der Waals surface area contributed by atoms with Crippen LogP contribution in [0.5, 0.6) is 0 Å². The maximum atomic E-state index is 14.3. The Bertz CT molecular complexity index is 1370. The molecule has 0 radical (unpaired) electrons. The van der Waals surface area contributed by atoms with E-state index in [0.717, 1.165) is 6.07 Å². The first-order chi connectivity index (χ1) is 16.2. The highest BCUT2D eigenvalue weighted by atomic mass is 19.4. The van der Waals surface area contributed by atoms with Crippen LogP contribution >= 0.6 is 0 Å². The van der Waals surface area contributed by atoms with Gasteiger partial charge in [0, 0.05) is 42.8 Å². The molecule has 0 saturated heterocycles. The molecule has 6 nitrogen and oxygen atoms in total. The fourth-order valence-electron chi connectivity index (χ4n) is 3.27. The number of hydrogen-bond acceptors (Lipinski definition) is 4. The number of benzene rings is 2. The van der Waals surface area contributed by atoms with Gasteiger partial charge in [0.25, 0.3) is 5.69 Å². The lowest BCUT2D eigenvalue weighted by Crippen LogP contribution is -2.12. The van der Waals surface area contributed by atoms with Crippen molar-refractivity contribution in [3.8, 4) is 23.1 Å². The van der Waals surface area contributed by atoms with Crippen LogP contribution < -0.4 is 0 Å². The molecule has 0 fully saturated rings. The van der Waals surface area contributed by atoms with Gasteiger partial charge in [-0.25, -0.2) is 4.39 Å². The van der Waals surface area contributed by atoms with E-state index in [0.29, 0.717) is 23.8 Å². The van der Waals surface area contributed by atoms with Crippen LogP contribution in [0.4, 0.5) is 23.2 Å². The topological polar surface area (TPSA) is 78.0 Å². The van der Waals surface area contributed by atoms with Gasteiger partial charge in [-0.1, -0.05) is 17.9 Å². The monoisotopic (exact) mass is 487 g/mol. The van der Waals surface area contributed by atoms with Crippen LogP contribution in [0.25, 0.3) is 11.3 Å². The average Bonchev–Trinajstić information content (AvgIpc) is 3.11. The Morgan fingerprint density at radius 2 is 1.83 bits per heavy atom. The maximum Gasteiger partial charge on any atom is 0.416 e. The number of alkyl halides is 3. The van der Waals surface area contributed by atoms with Gasteiger partial charge in [0.15, 0.2) is 5.78 Å². The molecular formula is C25H21F4N3O3. The van der Waals surface area contributed by atoms with Crippen molar-refractivity contribution in [3.05, 3.63) is 80.8 Å². The summed E-state index contributed by atoms with van der Waals surface area (Å²) in [6.45, 7) is 5.70. The number of halogens is 4. The molecule has 3 rings (SSSR count). The normalized spacial score (nSPS) is 11.7. The number of nitrogens with zero attached hydrogens (tertiary/aromatic N) is 3. The number of hydrogen-bond donors (Lipinski definition) is 0. The van der Waals surface area contributed by atoms with E-state index in [1.807, 2.05) is 20.8 Å². The van der Waals surface area contributed by atoms with Crippen molar-refractivity contribution in [2.45, 2.75) is 33.4 Å². The zero-order valence-electron chi connectivity index (χ0n) is 19.3. The van der Waals surface area contributed by atoms with E-state index in [1.165, 1.54) is 16.8 Å². The number of ketones is 1. The molecule has 1 aromatic heterocycles. The van der Waals surface area contributed by atoms with E-state index in [9.17, 15) is 32.5 Å². The lowest BCUT2D eigenvalue weighted by molar-refractivity contribution is -0.384. The smallest absolute Gasteiger partial charge is 0.294 e. The zero-order valence-corrected chi connectivity index (χ0v) is 19.3. The van der Waals surface area contributed by atoms with Crippen molar-refractivity contribution in [2.24, 2.45) is 12.5 Å². The Morgan fingerprint density at radius 1 is 1.14 bits per heavy atom. The molecule has 0 atom stereocenters. The Labute approximate surface area is 198 Å². The minimum Gasteiger partial charge on any atom is -0.294 e. The summed E-state index contributed by atoms with van der Waals surface area (Å²) in [7, 11) is 1.63. The van der Waals surface area contributed by atoms with Crippen molar-refractivity contribution in [3.63, 3.8) is 0 Å². The predicted octanol–water partition coefficient (Wildman–Crippen LogP) is 5.98. The second-order valence-corrected chi connectivity index (χ2v) is 8.96. The lowest BCUT2D eigenvalue weighted by Gasteiger charge is -2.11. The SMILES string of the molecule is Cn1cc(C#CC(C)(C)C)c(-c2cc([N+](=O)[O-])ccc2CC(=O)c2cc(C(F)(F)F)ccc2F)n1. The van der Waals surface area contributed by atoms with Crippen LogP contribution in [0, 0.1) is 33.2 Å². The van der Waals surface area contributed by atoms with Gasteiger partial charge in [-0.3, -0.25) is 19.6 Å². The van der Waals surface area contributed by atoms with Crippen LogP contribution in [0.15, 0.2) is 42.6 Å². The van der Waals surface area contributed by atoms with Crippen LogP contribution in [0.2, 0.25) is 0 Å². The third-order valence-corrected chi connectivity index (χ3v) is 4.91. The summed E-state index contributed by atoms with van der Waals surface area (Å²) in [5.41, 5.74) is -1.36. The molecule has 0 bridgehead atoms. The fourth-order valence-corrected chi connectivity index (χ4v) is 3.27. The van der Waals surface area contributed by atoms with Gasteiger partial charge in [0.2, 0.25) is 0 Å². The number of carbonyl (C=O) groups excluding carboxylic acids is 1. The van der Waals surface area contributed by atoms with E-state index in [1.54, 1.807) is 13.2 Å². The molecule has 0 spiro atoms. The molecule has 0 aliphatic heterocycles. The van der Waals surface area contributed by atoms with Gasteiger partial charge in [0.1, 0.15) is 11.5 Å². The average molecular weight is 487 g/mol. The Balaban J connectivity index is 2.12. The number of nitro groups is 1. The third-order valence-electron chi connectivity index (χ3n) is 4.91. The van der Waals surface area contributed by atoms with E-state index in [4.69, 9.17) is 0 Å². The number of nitro benzene ring substituents is 1. The van der Waals surface area contributed by atoms with E-state index in [2.05, 4.69) is 16.9 Å². The van der Waals surface area contributed by atoms with Crippen molar-refractivity contribution in [2.75, 3.05) is 0 Å². The number of aromatic nitrogens is 2. The minimum absolute atomic E-state index is 0.207. The van der Waals surface area contributed by atoms with Gasteiger partial charge in [-0.15, -0.1) is 0 Å². The molecule has 182 valence electrons. The Hall–Kier alpha value is -4.00. The summed E-state index contributed by atoms with van der Waals surface area (Å²) in [5.74, 6) is 4.04. The molecule has 35 heavy (non-hydrogen) atoms. The Morgan fingerprint density at radius 3 is 2.43 bits per heavy atom. The molecule has 0 aliphatic carbocycles. The summed E-state index contributed by atoms with van der Waals surface area (Å²) >= 11 is 0. The van der Waals surface area contributed by atoms with Crippen LogP contribution in [-0.2, 0) is 19.6 Å². The summed E-state index contributed by atoms with van der Waals surface area (Å²) in [6.07, 6.45) is -3.64. The lowest BCUT2D eigenvalue weighted by atomic mass is 9.93. The van der Waals surface area contributed by atoms with E-state index in [-0.39, 0.29) is 27.9 Å². The molecule has 2 aromatic carbocycles. The largest absolute Gasteiger partial charge is 0.416 e. The molecule has 0 unspecified atom stereocenters. The van der Waals surface area contributed by atoms with E-state index >= 15 is 0 Å². The van der Waals surface area contributed by atoms with Crippen molar-refractivity contribution < 1.29 is 27.3 Å². The summed E-state index contributed by atoms with van der Waals surface area (Å²) in [6, 6.07) is 5.30. The molecule has 3 aromatic rings. The molecule has 0 saturated carbocycles. The van der Waals surface area contributed by atoms with Gasteiger partial charge < -0.3 is 0 Å². The number of aryl methyl sites for hydroxylation is 1. The van der Waals surface area contributed by atoms with Crippen LogP contribution in [-0.4, -0.2) is 20.5 Å². The van der Waals surface area contributed by atoms with Crippen molar-refractivity contribution in [1.82, 2.24) is 9.78 Å². The van der Waals surface area contributed by atoms with Crippen molar-refractivity contribution in [1.29, 1.82) is 0 Å². The van der Waals surface area contributed by atoms with Gasteiger partial charge in [-0.05, 0) is 44.5 Å². The molecular weight excluding hydrogens is 466 g/mol. The number of Topliss-reactive ketones (excluding diaryl/α,β-unsaturated/α-hetero) is 1. The second kappa shape index (κ2) is 9.33. The second-order valence-electron chi connectivity index (χ2n) is 8.96. The molecule has 0 aliphatic rings. The van der Waals surface area contributed by atoms with Gasteiger partial charge in [0.05, 0.1) is 21.6 Å². The van der Waals surface area contributed by atoms with Gasteiger partial charge in [-0.2, -0.15) is 18.3 Å². The number of non-ortho nitro benzene ring substituents is 1. The zero-order chi connectivity index (χ0) is 26.1. The van der Waals surface area contributed by atoms with Crippen LogP contribution in [0.1, 0.15) is 47.8 Å². The maximum absolute atomic E-state index is 14.3. The summed E-state index contributed by atoms with van der Waals surface area (Å²) in [4.78, 5) is 23.6. The first-order valence-corrected chi connectivity index (χ1v) is 10.4. The Kier molecular flexibility index (Phi) is 6.83. The molecule has 0 N–H and O–H groups in total. The highest BCUT2D eigenvalue weighted by Crippen LogP contribution is 2.33. The number of rotatable bonds is 5. The van der Waals surface area contributed by atoms with Crippen molar-refractivity contribution >= 4 is 11.5 Å². The quantitative estimate of drug-likeness (QED) is 0.146. The fraction of sp³-hybridized carbons (Fsp3) is 0.280. The standard InChI is InChI=1S/C25H21F4N3O3/c1-24(2,3)10-9-16-14-31(4)30-23(16)19-13-18(32(34)35)7-5-15(19)11-22(33)20-12-17(25(27,28)29)6-8-21(20)26/h5-8,12-14H,11H2,1-4H3. The van der Waals surface area contributed by atoms with Gasteiger partial charge >= 0.3 is 6.18 Å². The summed E-state index contributed by atoms with van der Waals surface area (Å²) in [5, 5.41) is 15.7. The predicted molar refractivity (Wildman–Crippen MR) is 121 cm³/mol. The first-order valence-electron chi connectivity index (χ1n) is 10.4. The minimum atomic E-state index is -4.75. The molecule has 1 heterocycles. The van der Waals surface area contributed by atoms with E-state index < -0.39 is 40.2 Å². The highest BCUT2D eigenvalue weighted by molar-refractivity contribution is 5.99. The molecule has 10 heteroatoms.